The second kappa shape index (κ2) is 12.3. The van der Waals surface area contributed by atoms with E-state index in [1.54, 1.807) is 0 Å². The lowest BCUT2D eigenvalue weighted by Crippen LogP contribution is -2.51. The molecule has 0 unspecified atom stereocenters. The number of anilines is 1. The van der Waals surface area contributed by atoms with Gasteiger partial charge in [-0.15, -0.1) is 13.2 Å². The van der Waals surface area contributed by atoms with Gasteiger partial charge in [-0.3, -0.25) is 4.90 Å². The summed E-state index contributed by atoms with van der Waals surface area (Å²) in [5.74, 6) is -3.48. The Balaban J connectivity index is 1.33. The summed E-state index contributed by atoms with van der Waals surface area (Å²) in [5, 5.41) is 14.1. The lowest BCUT2D eigenvalue weighted by atomic mass is 9.95. The molecule has 15 heteroatoms. The molecule has 2 aromatic heterocycles. The lowest BCUT2D eigenvalue weighted by molar-refractivity contribution is -0.275. The number of aromatic nitrogens is 3. The van der Waals surface area contributed by atoms with Gasteiger partial charge >= 0.3 is 12.4 Å². The molecule has 266 valence electrons. The zero-order valence-corrected chi connectivity index (χ0v) is 27.3. The van der Waals surface area contributed by atoms with E-state index in [-0.39, 0.29) is 41.2 Å². The van der Waals surface area contributed by atoms with Crippen LogP contribution in [0.4, 0.5) is 32.2 Å². The van der Waals surface area contributed by atoms with Crippen molar-refractivity contribution in [1.82, 2.24) is 25.2 Å². The molecular weight excluding hydrogens is 666 g/mol. The second-order valence-electron chi connectivity index (χ2n) is 13.9. The van der Waals surface area contributed by atoms with Crippen LogP contribution in [0.15, 0.2) is 24.3 Å². The van der Waals surface area contributed by atoms with Crippen molar-refractivity contribution in [3.05, 3.63) is 41.6 Å². The van der Waals surface area contributed by atoms with Crippen LogP contribution >= 0.6 is 0 Å². The van der Waals surface area contributed by atoms with Crippen LogP contribution in [0.1, 0.15) is 51.1 Å². The number of halogens is 6. The minimum absolute atomic E-state index is 0.0224. The molecular formula is C35H36F6N6O3. The summed E-state index contributed by atoms with van der Waals surface area (Å²) in [7, 11) is 0. The zero-order valence-electron chi connectivity index (χ0n) is 27.3. The van der Waals surface area contributed by atoms with Crippen molar-refractivity contribution in [1.29, 1.82) is 0 Å². The Hall–Kier alpha value is -4.11. The Morgan fingerprint density at radius 3 is 2.56 bits per heavy atom. The SMILES string of the molecule is CCCc1nc(-c2cc(O)cc3ccc(F)c(OC(F)(F)F)c23)c(F)c2nc(OC[C@@]34CCCN3C[C@H](F)C4)nc(N3C[C@H]4CC[C@@H](C3)N4)c12. The number of hydrogen-bond acceptors (Lipinski definition) is 9. The number of rotatable bonds is 8. The lowest BCUT2D eigenvalue weighted by Gasteiger charge is -2.35. The monoisotopic (exact) mass is 702 g/mol. The van der Waals surface area contributed by atoms with Gasteiger partial charge in [0.15, 0.2) is 17.4 Å². The molecule has 4 aliphatic rings. The minimum atomic E-state index is -5.26. The molecule has 0 aliphatic carbocycles. The first-order chi connectivity index (χ1) is 23.9. The summed E-state index contributed by atoms with van der Waals surface area (Å²) < 4.78 is 97.7. The summed E-state index contributed by atoms with van der Waals surface area (Å²) in [6.45, 7) is 4.25. The molecule has 6 heterocycles. The number of aryl methyl sites for hydroxylation is 1. The smallest absolute Gasteiger partial charge is 0.508 e. The number of nitrogens with one attached hydrogen (secondary N) is 1. The fourth-order valence-corrected chi connectivity index (χ4v) is 8.51. The number of ether oxygens (including phenoxy) is 2. The van der Waals surface area contributed by atoms with E-state index in [4.69, 9.17) is 9.72 Å². The third-order valence-corrected chi connectivity index (χ3v) is 10.5. The van der Waals surface area contributed by atoms with Crippen molar-refractivity contribution in [2.45, 2.75) is 82.0 Å². The Labute approximate surface area is 283 Å². The molecule has 4 aromatic rings. The predicted molar refractivity (Wildman–Crippen MR) is 173 cm³/mol. The van der Waals surface area contributed by atoms with Crippen molar-refractivity contribution < 1.29 is 40.9 Å². The summed E-state index contributed by atoms with van der Waals surface area (Å²) in [5.41, 5.74) is -1.06. The van der Waals surface area contributed by atoms with E-state index in [2.05, 4.69) is 29.8 Å². The summed E-state index contributed by atoms with van der Waals surface area (Å²) in [6.07, 6.45) is -1.48. The van der Waals surface area contributed by atoms with Crippen LogP contribution in [-0.2, 0) is 6.42 Å². The van der Waals surface area contributed by atoms with Crippen molar-refractivity contribution in [3.8, 4) is 28.8 Å². The van der Waals surface area contributed by atoms with Crippen LogP contribution in [-0.4, -0.2) is 87.9 Å². The van der Waals surface area contributed by atoms with Gasteiger partial charge in [-0.05, 0) is 62.2 Å². The zero-order chi connectivity index (χ0) is 34.9. The molecule has 4 atom stereocenters. The predicted octanol–water partition coefficient (Wildman–Crippen LogP) is 6.58. The number of nitrogens with zero attached hydrogens (tertiary/aromatic N) is 5. The number of fused-ring (bicyclic) bond motifs is 5. The number of phenolic OH excluding ortho intramolecular Hbond substituents is 1. The van der Waals surface area contributed by atoms with Crippen LogP contribution in [0.25, 0.3) is 32.9 Å². The molecule has 4 aliphatic heterocycles. The van der Waals surface area contributed by atoms with Crippen molar-refractivity contribution in [3.63, 3.8) is 0 Å². The van der Waals surface area contributed by atoms with Crippen LogP contribution < -0.4 is 19.7 Å². The number of pyridine rings is 1. The number of phenols is 1. The molecule has 2 aromatic carbocycles. The fraction of sp³-hybridized carbons (Fsp3) is 0.514. The number of alkyl halides is 4. The fourth-order valence-electron chi connectivity index (χ4n) is 8.51. The van der Waals surface area contributed by atoms with Gasteiger partial charge in [0, 0.05) is 49.1 Å². The van der Waals surface area contributed by atoms with Gasteiger partial charge in [-0.25, -0.2) is 18.2 Å². The molecule has 50 heavy (non-hydrogen) atoms. The van der Waals surface area contributed by atoms with E-state index in [1.807, 2.05) is 6.92 Å². The number of aromatic hydroxyl groups is 1. The first-order valence-corrected chi connectivity index (χ1v) is 17.1. The molecule has 4 saturated heterocycles. The van der Waals surface area contributed by atoms with E-state index in [9.17, 15) is 22.7 Å². The van der Waals surface area contributed by atoms with Crippen LogP contribution in [0, 0.1) is 11.6 Å². The Kier molecular flexibility index (Phi) is 8.12. The Bertz CT molecular complexity index is 1970. The first kappa shape index (κ1) is 33.1. The summed E-state index contributed by atoms with van der Waals surface area (Å²) in [6, 6.07) is 4.40. The number of hydrogen-bond donors (Lipinski definition) is 2. The third kappa shape index (κ3) is 5.81. The molecule has 0 saturated carbocycles. The summed E-state index contributed by atoms with van der Waals surface area (Å²) >= 11 is 0. The van der Waals surface area contributed by atoms with E-state index >= 15 is 8.78 Å². The van der Waals surface area contributed by atoms with E-state index in [0.717, 1.165) is 50.4 Å². The van der Waals surface area contributed by atoms with E-state index in [1.165, 1.54) is 6.07 Å². The van der Waals surface area contributed by atoms with Gasteiger partial charge in [-0.2, -0.15) is 9.97 Å². The van der Waals surface area contributed by atoms with E-state index < -0.39 is 52.3 Å². The molecule has 8 rings (SSSR count). The number of benzene rings is 2. The average molecular weight is 703 g/mol. The maximum atomic E-state index is 17.2. The molecule has 0 amide bonds. The average Bonchev–Trinajstić information content (AvgIpc) is 3.71. The molecule has 4 fully saturated rings. The quantitative estimate of drug-likeness (QED) is 0.198. The molecule has 2 bridgehead atoms. The molecule has 2 N–H and O–H groups in total. The minimum Gasteiger partial charge on any atom is -0.508 e. The maximum absolute atomic E-state index is 17.2. The highest BCUT2D eigenvalue weighted by atomic mass is 19.4. The van der Waals surface area contributed by atoms with Crippen LogP contribution in [0.2, 0.25) is 0 Å². The normalized spacial score (nSPS) is 25.2. The Morgan fingerprint density at radius 2 is 1.82 bits per heavy atom. The standard InChI is InChI=1S/C35H36F6N6O3/c1-2-4-25-27-30(28(38)29(43-25)23-12-22(48)11-18-5-8-24(37)31(26(18)23)50-35(39,40)41)44-33(45-32(27)46-15-20-6-7-21(16-46)42-20)49-17-34-9-3-10-47(34)14-19(36)13-34/h5,8,11-12,19-21,42,48H,2-4,6-7,9-10,13-17H2,1H3/t19-,20-,21+,34+/m1/s1. The van der Waals surface area contributed by atoms with Crippen molar-refractivity contribution in [2.75, 3.05) is 37.7 Å². The largest absolute Gasteiger partial charge is 0.573 e. The maximum Gasteiger partial charge on any atom is 0.573 e. The topological polar surface area (TPSA) is 95.9 Å². The second-order valence-corrected chi connectivity index (χ2v) is 13.9. The van der Waals surface area contributed by atoms with Crippen LogP contribution in [0.3, 0.4) is 0 Å². The van der Waals surface area contributed by atoms with Gasteiger partial charge in [0.1, 0.15) is 35.6 Å². The van der Waals surface area contributed by atoms with Crippen molar-refractivity contribution >= 4 is 27.5 Å². The van der Waals surface area contributed by atoms with Crippen LogP contribution in [0.5, 0.6) is 17.5 Å². The molecule has 0 radical (unpaired) electrons. The molecule has 9 nitrogen and oxygen atoms in total. The summed E-state index contributed by atoms with van der Waals surface area (Å²) in [4.78, 5) is 18.2. The molecule has 0 spiro atoms. The van der Waals surface area contributed by atoms with Gasteiger partial charge in [0.25, 0.3) is 0 Å². The van der Waals surface area contributed by atoms with Gasteiger partial charge in [-0.1, -0.05) is 19.4 Å². The highest BCUT2D eigenvalue weighted by Gasteiger charge is 2.49. The van der Waals surface area contributed by atoms with Crippen molar-refractivity contribution in [2.24, 2.45) is 0 Å². The highest BCUT2D eigenvalue weighted by Crippen LogP contribution is 2.45. The van der Waals surface area contributed by atoms with Gasteiger partial charge < -0.3 is 24.8 Å². The first-order valence-electron chi connectivity index (χ1n) is 17.1. The van der Waals surface area contributed by atoms with Gasteiger partial charge in [0.05, 0.1) is 16.6 Å². The number of piperazine rings is 1. The Morgan fingerprint density at radius 1 is 1.04 bits per heavy atom. The van der Waals surface area contributed by atoms with Gasteiger partial charge in [0.2, 0.25) is 0 Å². The van der Waals surface area contributed by atoms with E-state index in [0.29, 0.717) is 55.8 Å². The highest BCUT2D eigenvalue weighted by molar-refractivity contribution is 6.04. The third-order valence-electron chi connectivity index (χ3n) is 10.5.